The van der Waals surface area contributed by atoms with E-state index < -0.39 is 11.9 Å². The molecule has 0 aliphatic rings. The number of furan rings is 1. The molecule has 0 unspecified atom stereocenters. The smallest absolute Gasteiger partial charge is 0.325 e. The lowest BCUT2D eigenvalue weighted by Gasteiger charge is -2.10. The Balaban J connectivity index is 1.49. The molecule has 2 aromatic heterocycles. The summed E-state index contributed by atoms with van der Waals surface area (Å²) in [6.07, 6.45) is 1.49. The van der Waals surface area contributed by atoms with E-state index in [1.807, 2.05) is 26.0 Å². The predicted molar refractivity (Wildman–Crippen MR) is 95.8 cm³/mol. The van der Waals surface area contributed by atoms with Crippen LogP contribution in [0.15, 0.2) is 50.7 Å². The van der Waals surface area contributed by atoms with Crippen molar-refractivity contribution in [3.63, 3.8) is 0 Å². The zero-order chi connectivity index (χ0) is 18.5. The van der Waals surface area contributed by atoms with Gasteiger partial charge in [0.05, 0.1) is 12.0 Å². The van der Waals surface area contributed by atoms with Crippen LogP contribution < -0.4 is 10.6 Å². The van der Waals surface area contributed by atoms with E-state index in [2.05, 4.69) is 20.8 Å². The van der Waals surface area contributed by atoms with Crippen LogP contribution in [-0.4, -0.2) is 27.9 Å². The van der Waals surface area contributed by atoms with Crippen molar-refractivity contribution < 1.29 is 18.4 Å². The number of thioether (sulfide) groups is 1. The van der Waals surface area contributed by atoms with Crippen molar-refractivity contribution in [1.82, 2.24) is 15.5 Å². The molecule has 2 N–H and O–H groups in total. The zero-order valence-corrected chi connectivity index (χ0v) is 14.9. The van der Waals surface area contributed by atoms with E-state index in [1.54, 1.807) is 18.2 Å². The number of amides is 3. The number of carbonyl (C=O) groups excluding carboxylic acids is 2. The van der Waals surface area contributed by atoms with Gasteiger partial charge in [-0.2, -0.15) is 0 Å². The summed E-state index contributed by atoms with van der Waals surface area (Å²) in [6, 6.07) is 8.35. The molecule has 0 aliphatic heterocycles. The molecule has 0 spiro atoms. The van der Waals surface area contributed by atoms with Crippen LogP contribution in [0.2, 0.25) is 0 Å². The van der Waals surface area contributed by atoms with Crippen molar-refractivity contribution in [3.05, 3.63) is 47.7 Å². The monoisotopic (exact) mass is 372 g/mol. The molecular weight excluding hydrogens is 356 g/mol. The largest absolute Gasteiger partial charge is 0.459 e. The molecule has 1 aromatic carbocycles. The van der Waals surface area contributed by atoms with Gasteiger partial charge in [-0.3, -0.25) is 10.1 Å². The van der Waals surface area contributed by atoms with E-state index in [-0.39, 0.29) is 16.9 Å². The van der Waals surface area contributed by atoms with Crippen LogP contribution in [0.4, 0.5) is 10.5 Å². The SMILES string of the molecule is Cc1cccc(NC(=O)NC(=O)CSc2nnc(-c3ccco3)o2)c1C. The first-order chi connectivity index (χ1) is 12.5. The minimum Gasteiger partial charge on any atom is -0.459 e. The van der Waals surface area contributed by atoms with Gasteiger partial charge in [0.25, 0.3) is 11.1 Å². The van der Waals surface area contributed by atoms with Crippen LogP contribution in [0.5, 0.6) is 0 Å². The highest BCUT2D eigenvalue weighted by molar-refractivity contribution is 7.99. The Morgan fingerprint density at radius 2 is 2.00 bits per heavy atom. The number of aryl methyl sites for hydroxylation is 1. The van der Waals surface area contributed by atoms with Gasteiger partial charge in [0.1, 0.15) is 0 Å². The summed E-state index contributed by atoms with van der Waals surface area (Å²) in [5.74, 6) is 0.155. The molecule has 0 bridgehead atoms. The van der Waals surface area contributed by atoms with E-state index >= 15 is 0 Å². The Hall–Kier alpha value is -3.07. The fourth-order valence-corrected chi connectivity index (χ4v) is 2.66. The molecule has 134 valence electrons. The number of hydrogen-bond donors (Lipinski definition) is 2. The van der Waals surface area contributed by atoms with Crippen LogP contribution in [0.3, 0.4) is 0 Å². The van der Waals surface area contributed by atoms with Gasteiger partial charge in [-0.25, -0.2) is 4.79 Å². The minimum atomic E-state index is -0.592. The molecule has 0 aliphatic carbocycles. The third-order valence-electron chi connectivity index (χ3n) is 3.57. The highest BCUT2D eigenvalue weighted by Crippen LogP contribution is 2.23. The van der Waals surface area contributed by atoms with Gasteiger partial charge in [-0.15, -0.1) is 10.2 Å². The highest BCUT2D eigenvalue weighted by Gasteiger charge is 2.14. The van der Waals surface area contributed by atoms with Crippen molar-refractivity contribution in [2.45, 2.75) is 19.1 Å². The molecule has 2 heterocycles. The number of rotatable bonds is 5. The summed E-state index contributed by atoms with van der Waals surface area (Å²) >= 11 is 1.03. The standard InChI is InChI=1S/C17H16N4O4S/c1-10-5-3-6-12(11(10)2)18-16(23)19-14(22)9-26-17-21-20-15(25-17)13-7-4-8-24-13/h3-8H,9H2,1-2H3,(H2,18,19,22,23). The van der Waals surface area contributed by atoms with Crippen LogP contribution in [0.25, 0.3) is 11.7 Å². The molecule has 0 fully saturated rings. The van der Waals surface area contributed by atoms with Crippen LogP contribution >= 0.6 is 11.8 Å². The van der Waals surface area contributed by atoms with E-state index in [9.17, 15) is 9.59 Å². The summed E-state index contributed by atoms with van der Waals surface area (Å²) in [7, 11) is 0. The molecule has 0 radical (unpaired) electrons. The number of imide groups is 1. The lowest BCUT2D eigenvalue weighted by atomic mass is 10.1. The Bertz CT molecular complexity index is 921. The summed E-state index contributed by atoms with van der Waals surface area (Å²) in [6.45, 7) is 3.84. The number of anilines is 1. The molecule has 3 amide bonds. The lowest BCUT2D eigenvalue weighted by Crippen LogP contribution is -2.35. The minimum absolute atomic E-state index is 0.0417. The van der Waals surface area contributed by atoms with Gasteiger partial charge in [0.2, 0.25) is 5.91 Å². The van der Waals surface area contributed by atoms with Crippen molar-refractivity contribution in [1.29, 1.82) is 0 Å². The Morgan fingerprint density at radius 3 is 2.77 bits per heavy atom. The molecule has 9 heteroatoms. The molecule has 3 aromatic rings. The first kappa shape index (κ1) is 17.7. The average Bonchev–Trinajstić information content (AvgIpc) is 3.28. The quantitative estimate of drug-likeness (QED) is 0.661. The molecule has 0 saturated carbocycles. The fourth-order valence-electron chi connectivity index (χ4n) is 2.10. The summed E-state index contributed by atoms with van der Waals surface area (Å²) < 4.78 is 10.5. The first-order valence-corrected chi connectivity index (χ1v) is 8.68. The number of urea groups is 1. The molecule has 0 atom stereocenters. The van der Waals surface area contributed by atoms with Gasteiger partial charge in [0.15, 0.2) is 5.76 Å². The molecule has 3 rings (SSSR count). The lowest BCUT2D eigenvalue weighted by molar-refractivity contribution is -0.117. The molecule has 0 saturated heterocycles. The summed E-state index contributed by atoms with van der Waals surface area (Å²) in [4.78, 5) is 23.8. The van der Waals surface area contributed by atoms with E-state index in [1.165, 1.54) is 6.26 Å². The van der Waals surface area contributed by atoms with E-state index in [0.717, 1.165) is 22.9 Å². The van der Waals surface area contributed by atoms with Crippen LogP contribution in [-0.2, 0) is 4.79 Å². The van der Waals surface area contributed by atoms with Gasteiger partial charge >= 0.3 is 6.03 Å². The highest BCUT2D eigenvalue weighted by atomic mass is 32.2. The summed E-state index contributed by atoms with van der Waals surface area (Å²) in [5, 5.41) is 12.8. The van der Waals surface area contributed by atoms with E-state index in [0.29, 0.717) is 11.4 Å². The summed E-state index contributed by atoms with van der Waals surface area (Å²) in [5.41, 5.74) is 2.65. The predicted octanol–water partition coefficient (Wildman–Crippen LogP) is 3.39. The Kier molecular flexibility index (Phi) is 5.37. The maximum Gasteiger partial charge on any atom is 0.325 e. The topological polar surface area (TPSA) is 110 Å². The maximum absolute atomic E-state index is 11.9. The Labute approximate surface area is 153 Å². The second kappa shape index (κ2) is 7.87. The van der Waals surface area contributed by atoms with Crippen molar-refractivity contribution >= 4 is 29.4 Å². The van der Waals surface area contributed by atoms with Crippen LogP contribution in [0, 0.1) is 13.8 Å². The third kappa shape index (κ3) is 4.31. The normalized spacial score (nSPS) is 10.5. The van der Waals surface area contributed by atoms with Gasteiger partial charge in [0, 0.05) is 5.69 Å². The second-order valence-electron chi connectivity index (χ2n) is 5.39. The average molecular weight is 372 g/mol. The second-order valence-corrected chi connectivity index (χ2v) is 6.32. The number of hydrogen-bond acceptors (Lipinski definition) is 7. The van der Waals surface area contributed by atoms with Gasteiger partial charge < -0.3 is 14.2 Å². The van der Waals surface area contributed by atoms with Gasteiger partial charge in [-0.1, -0.05) is 23.9 Å². The molecule has 8 nitrogen and oxygen atoms in total. The zero-order valence-electron chi connectivity index (χ0n) is 14.1. The fraction of sp³-hybridized carbons (Fsp3) is 0.176. The van der Waals surface area contributed by atoms with Crippen molar-refractivity contribution in [3.8, 4) is 11.7 Å². The van der Waals surface area contributed by atoms with E-state index in [4.69, 9.17) is 8.83 Å². The number of nitrogens with one attached hydrogen (secondary N) is 2. The number of aromatic nitrogens is 2. The first-order valence-electron chi connectivity index (χ1n) is 7.70. The van der Waals surface area contributed by atoms with Crippen LogP contribution in [0.1, 0.15) is 11.1 Å². The maximum atomic E-state index is 11.9. The van der Waals surface area contributed by atoms with Gasteiger partial charge in [-0.05, 0) is 43.2 Å². The number of nitrogens with zero attached hydrogens (tertiary/aromatic N) is 2. The van der Waals surface area contributed by atoms with Crippen molar-refractivity contribution in [2.75, 3.05) is 11.1 Å². The molecule has 26 heavy (non-hydrogen) atoms. The number of benzene rings is 1. The molecular formula is C17H16N4O4S. The Morgan fingerprint density at radius 1 is 1.15 bits per heavy atom. The third-order valence-corrected chi connectivity index (χ3v) is 4.39. The number of carbonyl (C=O) groups is 2. The van der Waals surface area contributed by atoms with Crippen molar-refractivity contribution in [2.24, 2.45) is 0 Å².